The highest BCUT2D eigenvalue weighted by Gasteiger charge is 2.05. The smallest absolute Gasteiger partial charge is 0.337 e. The Kier molecular flexibility index (Phi) is 4.30. The minimum atomic E-state index is -0.356. The van der Waals surface area contributed by atoms with Crippen LogP contribution in [-0.2, 0) is 4.74 Å². The van der Waals surface area contributed by atoms with Crippen LogP contribution in [0.3, 0.4) is 0 Å². The second kappa shape index (κ2) is 6.15. The summed E-state index contributed by atoms with van der Waals surface area (Å²) in [7, 11) is 1.35. The van der Waals surface area contributed by atoms with Crippen molar-refractivity contribution in [3.63, 3.8) is 0 Å². The molecule has 0 amide bonds. The molecule has 0 saturated heterocycles. The SMILES string of the molecule is COC(=O)c1ccc(Sc2ccc(C=O)cn2)cc1. The number of aromatic nitrogens is 1. The van der Waals surface area contributed by atoms with Gasteiger partial charge in [-0.25, -0.2) is 9.78 Å². The number of ether oxygens (including phenoxy) is 1. The fourth-order valence-electron chi connectivity index (χ4n) is 1.42. The van der Waals surface area contributed by atoms with Gasteiger partial charge in [-0.1, -0.05) is 11.8 Å². The van der Waals surface area contributed by atoms with Crippen LogP contribution in [0.2, 0.25) is 0 Å². The van der Waals surface area contributed by atoms with E-state index in [1.54, 1.807) is 24.3 Å². The maximum atomic E-state index is 11.3. The minimum absolute atomic E-state index is 0.356. The van der Waals surface area contributed by atoms with Gasteiger partial charge in [0, 0.05) is 16.7 Å². The van der Waals surface area contributed by atoms with E-state index < -0.39 is 0 Å². The number of hydrogen-bond acceptors (Lipinski definition) is 5. The summed E-state index contributed by atoms with van der Waals surface area (Å²) in [5, 5.41) is 0.788. The molecule has 0 fully saturated rings. The van der Waals surface area contributed by atoms with E-state index in [-0.39, 0.29) is 5.97 Å². The molecule has 0 bridgehead atoms. The van der Waals surface area contributed by atoms with Crippen molar-refractivity contribution in [3.05, 3.63) is 53.7 Å². The quantitative estimate of drug-likeness (QED) is 0.633. The first-order chi connectivity index (χ1) is 9.22. The third kappa shape index (κ3) is 3.42. The molecule has 1 heterocycles. The molecular weight excluding hydrogens is 262 g/mol. The van der Waals surface area contributed by atoms with E-state index >= 15 is 0 Å². The van der Waals surface area contributed by atoms with E-state index in [0.29, 0.717) is 11.1 Å². The highest BCUT2D eigenvalue weighted by atomic mass is 32.2. The maximum Gasteiger partial charge on any atom is 0.337 e. The summed E-state index contributed by atoms with van der Waals surface area (Å²) in [5.41, 5.74) is 1.06. The highest BCUT2D eigenvalue weighted by molar-refractivity contribution is 7.99. The number of nitrogens with zero attached hydrogens (tertiary/aromatic N) is 1. The molecule has 0 spiro atoms. The first-order valence-electron chi connectivity index (χ1n) is 5.50. The van der Waals surface area contributed by atoms with Crippen LogP contribution < -0.4 is 0 Å². The molecule has 0 aliphatic rings. The Bertz CT molecular complexity index is 579. The number of carbonyl (C=O) groups excluding carboxylic acids is 2. The van der Waals surface area contributed by atoms with E-state index in [1.807, 2.05) is 12.1 Å². The van der Waals surface area contributed by atoms with Gasteiger partial charge >= 0.3 is 5.97 Å². The van der Waals surface area contributed by atoms with E-state index in [0.717, 1.165) is 16.2 Å². The van der Waals surface area contributed by atoms with Crippen molar-refractivity contribution in [1.82, 2.24) is 4.98 Å². The summed E-state index contributed by atoms with van der Waals surface area (Å²) in [5.74, 6) is -0.356. The van der Waals surface area contributed by atoms with Crippen molar-refractivity contribution in [3.8, 4) is 0 Å². The van der Waals surface area contributed by atoms with Gasteiger partial charge in [-0.2, -0.15) is 0 Å². The lowest BCUT2D eigenvalue weighted by molar-refractivity contribution is 0.0600. The van der Waals surface area contributed by atoms with Gasteiger partial charge in [0.15, 0.2) is 6.29 Å². The maximum absolute atomic E-state index is 11.3. The Morgan fingerprint density at radius 3 is 2.47 bits per heavy atom. The fraction of sp³-hybridized carbons (Fsp3) is 0.0714. The summed E-state index contributed by atoms with van der Waals surface area (Å²) < 4.78 is 4.63. The molecule has 0 N–H and O–H groups in total. The molecule has 0 saturated carbocycles. The zero-order chi connectivity index (χ0) is 13.7. The van der Waals surface area contributed by atoms with E-state index in [9.17, 15) is 9.59 Å². The number of methoxy groups -OCH3 is 1. The Hall–Kier alpha value is -2.14. The molecule has 4 nitrogen and oxygen atoms in total. The Morgan fingerprint density at radius 1 is 1.21 bits per heavy atom. The van der Waals surface area contributed by atoms with Crippen molar-refractivity contribution >= 4 is 24.0 Å². The van der Waals surface area contributed by atoms with Crippen molar-refractivity contribution in [2.45, 2.75) is 9.92 Å². The molecule has 0 atom stereocenters. The second-order valence-corrected chi connectivity index (χ2v) is 4.76. The summed E-state index contributed by atoms with van der Waals surface area (Å²) in [6.45, 7) is 0. The molecule has 2 aromatic rings. The first kappa shape index (κ1) is 13.3. The Balaban J connectivity index is 2.10. The Labute approximate surface area is 114 Å². The molecular formula is C14H11NO3S. The summed E-state index contributed by atoms with van der Waals surface area (Å²) in [6, 6.07) is 10.5. The number of rotatable bonds is 4. The zero-order valence-corrected chi connectivity index (χ0v) is 11.0. The predicted octanol–water partition coefficient (Wildman–Crippen LogP) is 2.83. The first-order valence-corrected chi connectivity index (χ1v) is 6.32. The fourth-order valence-corrected chi connectivity index (χ4v) is 2.17. The molecule has 96 valence electrons. The van der Waals surface area contributed by atoms with Gasteiger partial charge in [0.2, 0.25) is 0 Å². The van der Waals surface area contributed by atoms with E-state index in [1.165, 1.54) is 25.1 Å². The molecule has 1 aromatic heterocycles. The van der Waals surface area contributed by atoms with Gasteiger partial charge in [-0.05, 0) is 36.4 Å². The number of esters is 1. The number of carbonyl (C=O) groups is 2. The number of pyridine rings is 1. The minimum Gasteiger partial charge on any atom is -0.465 e. The van der Waals surface area contributed by atoms with Gasteiger partial charge in [-0.15, -0.1) is 0 Å². The van der Waals surface area contributed by atoms with Crippen LogP contribution in [0.1, 0.15) is 20.7 Å². The second-order valence-electron chi connectivity index (χ2n) is 3.67. The van der Waals surface area contributed by atoms with Gasteiger partial charge < -0.3 is 4.74 Å². The molecule has 2 rings (SSSR count). The van der Waals surface area contributed by atoms with Crippen LogP contribution in [0.15, 0.2) is 52.5 Å². The molecule has 1 aromatic carbocycles. The van der Waals surface area contributed by atoms with E-state index in [4.69, 9.17) is 0 Å². The third-order valence-corrected chi connectivity index (χ3v) is 3.35. The third-order valence-electron chi connectivity index (χ3n) is 2.39. The standard InChI is InChI=1S/C14H11NO3S/c1-18-14(17)11-3-5-12(6-4-11)19-13-7-2-10(9-16)8-15-13/h2-9H,1H3. The number of benzene rings is 1. The van der Waals surface area contributed by atoms with E-state index in [2.05, 4.69) is 9.72 Å². The average Bonchev–Trinajstić information content (AvgIpc) is 2.48. The van der Waals surface area contributed by atoms with Crippen molar-refractivity contribution in [2.24, 2.45) is 0 Å². The molecule has 19 heavy (non-hydrogen) atoms. The summed E-state index contributed by atoms with van der Waals surface area (Å²) in [6.07, 6.45) is 2.28. The lowest BCUT2D eigenvalue weighted by atomic mass is 10.2. The highest BCUT2D eigenvalue weighted by Crippen LogP contribution is 2.26. The van der Waals surface area contributed by atoms with Gasteiger partial charge in [0.05, 0.1) is 12.7 Å². The number of aldehydes is 1. The lowest BCUT2D eigenvalue weighted by Crippen LogP contribution is -2.00. The van der Waals surface area contributed by atoms with Crippen LogP contribution in [0.5, 0.6) is 0 Å². The van der Waals surface area contributed by atoms with Crippen LogP contribution in [-0.4, -0.2) is 24.3 Å². The van der Waals surface area contributed by atoms with Gasteiger partial charge in [0.25, 0.3) is 0 Å². The Morgan fingerprint density at radius 2 is 1.95 bits per heavy atom. The summed E-state index contributed by atoms with van der Waals surface area (Å²) in [4.78, 5) is 26.9. The molecule has 5 heteroatoms. The van der Waals surface area contributed by atoms with Crippen molar-refractivity contribution in [2.75, 3.05) is 7.11 Å². The molecule has 0 radical (unpaired) electrons. The predicted molar refractivity (Wildman–Crippen MR) is 71.5 cm³/mol. The van der Waals surface area contributed by atoms with Crippen LogP contribution in [0.4, 0.5) is 0 Å². The molecule has 0 aliphatic carbocycles. The topological polar surface area (TPSA) is 56.3 Å². The van der Waals surface area contributed by atoms with Crippen LogP contribution >= 0.6 is 11.8 Å². The largest absolute Gasteiger partial charge is 0.465 e. The van der Waals surface area contributed by atoms with Crippen LogP contribution in [0, 0.1) is 0 Å². The van der Waals surface area contributed by atoms with Gasteiger partial charge in [0.1, 0.15) is 5.03 Å². The summed E-state index contributed by atoms with van der Waals surface area (Å²) >= 11 is 1.46. The van der Waals surface area contributed by atoms with Crippen LogP contribution in [0.25, 0.3) is 0 Å². The molecule has 0 unspecified atom stereocenters. The average molecular weight is 273 g/mol. The monoisotopic (exact) mass is 273 g/mol. The lowest BCUT2D eigenvalue weighted by Gasteiger charge is -2.02. The molecule has 0 aliphatic heterocycles. The normalized spacial score (nSPS) is 9.95. The zero-order valence-electron chi connectivity index (χ0n) is 10.2. The number of hydrogen-bond donors (Lipinski definition) is 0. The van der Waals surface area contributed by atoms with Crippen molar-refractivity contribution in [1.29, 1.82) is 0 Å². The van der Waals surface area contributed by atoms with Crippen molar-refractivity contribution < 1.29 is 14.3 Å². The van der Waals surface area contributed by atoms with Gasteiger partial charge in [-0.3, -0.25) is 4.79 Å².